The lowest BCUT2D eigenvalue weighted by Gasteiger charge is -2.15. The number of aliphatic hydroxyl groups excluding tert-OH is 1. The largest absolute Gasteiger partial charge is 0.396 e. The van der Waals surface area contributed by atoms with E-state index in [1.807, 2.05) is 6.92 Å². The van der Waals surface area contributed by atoms with Gasteiger partial charge in [0.05, 0.1) is 4.92 Å². The molecule has 0 fully saturated rings. The lowest BCUT2D eigenvalue weighted by molar-refractivity contribution is -0.385. The van der Waals surface area contributed by atoms with Gasteiger partial charge in [0.1, 0.15) is 5.56 Å². The summed E-state index contributed by atoms with van der Waals surface area (Å²) in [7, 11) is 0. The molecule has 1 aromatic carbocycles. The van der Waals surface area contributed by atoms with E-state index in [1.165, 1.54) is 18.2 Å². The van der Waals surface area contributed by atoms with Crippen molar-refractivity contribution < 1.29 is 14.8 Å². The van der Waals surface area contributed by atoms with Crippen molar-refractivity contribution in [2.24, 2.45) is 5.92 Å². The van der Waals surface area contributed by atoms with Crippen molar-refractivity contribution in [1.82, 2.24) is 5.32 Å². The Morgan fingerprint density at radius 3 is 2.70 bits per heavy atom. The molecule has 0 saturated heterocycles. The molecule has 1 amide bonds. The number of nitro groups is 1. The van der Waals surface area contributed by atoms with E-state index in [1.54, 1.807) is 6.07 Å². The maximum Gasteiger partial charge on any atom is 0.282 e. The predicted octanol–water partition coefficient (Wildman–Crippen LogP) is 2.12. The highest BCUT2D eigenvalue weighted by molar-refractivity contribution is 5.98. The number of nitrogens with one attached hydrogen (secondary N) is 1. The summed E-state index contributed by atoms with van der Waals surface area (Å²) in [6.45, 7) is 2.53. The Morgan fingerprint density at radius 1 is 1.40 bits per heavy atom. The molecule has 6 nitrogen and oxygen atoms in total. The van der Waals surface area contributed by atoms with Crippen LogP contribution < -0.4 is 5.32 Å². The van der Waals surface area contributed by atoms with Gasteiger partial charge in [0, 0.05) is 19.2 Å². The van der Waals surface area contributed by atoms with Gasteiger partial charge in [-0.2, -0.15) is 0 Å². The van der Waals surface area contributed by atoms with E-state index >= 15 is 0 Å². The normalized spacial score (nSPS) is 11.9. The summed E-state index contributed by atoms with van der Waals surface area (Å²) in [5.41, 5.74) is -0.129. The Balaban J connectivity index is 2.69. The zero-order valence-corrected chi connectivity index (χ0v) is 11.5. The first-order valence-electron chi connectivity index (χ1n) is 6.72. The van der Waals surface area contributed by atoms with Crippen molar-refractivity contribution in [2.45, 2.75) is 26.2 Å². The molecule has 1 rings (SSSR count). The molecule has 1 unspecified atom stereocenters. The number of nitro benzene ring substituents is 1. The van der Waals surface area contributed by atoms with Crippen LogP contribution in [0.2, 0.25) is 0 Å². The number of hydrogen-bond acceptors (Lipinski definition) is 4. The van der Waals surface area contributed by atoms with Crippen molar-refractivity contribution in [3.05, 3.63) is 39.9 Å². The third-order valence-corrected chi connectivity index (χ3v) is 3.13. The Kier molecular flexibility index (Phi) is 6.66. The standard InChI is InChI=1S/C14H20N2O4/c1-2-5-11(8-9-17)10-15-14(18)12-6-3-4-7-13(12)16(19)20/h3-4,6-7,11,17H,2,5,8-10H2,1H3,(H,15,18). The minimum absolute atomic E-state index is 0.0664. The van der Waals surface area contributed by atoms with Crippen LogP contribution in [0.15, 0.2) is 24.3 Å². The average Bonchev–Trinajstić information content (AvgIpc) is 2.45. The van der Waals surface area contributed by atoms with Crippen LogP contribution in [0.1, 0.15) is 36.5 Å². The van der Waals surface area contributed by atoms with E-state index in [0.717, 1.165) is 12.8 Å². The minimum atomic E-state index is -0.563. The van der Waals surface area contributed by atoms with Crippen molar-refractivity contribution in [3.8, 4) is 0 Å². The number of amides is 1. The second kappa shape index (κ2) is 8.27. The highest BCUT2D eigenvalue weighted by Gasteiger charge is 2.19. The first-order chi connectivity index (χ1) is 9.60. The third kappa shape index (κ3) is 4.62. The number of benzene rings is 1. The molecular weight excluding hydrogens is 260 g/mol. The maximum absolute atomic E-state index is 12.0. The van der Waals surface area contributed by atoms with Gasteiger partial charge in [-0.05, 0) is 24.8 Å². The lowest BCUT2D eigenvalue weighted by atomic mass is 10.00. The number of carbonyl (C=O) groups excluding carboxylic acids is 1. The number of para-hydroxylation sites is 1. The number of hydrogen-bond donors (Lipinski definition) is 2. The molecule has 110 valence electrons. The van der Waals surface area contributed by atoms with Gasteiger partial charge in [0.2, 0.25) is 0 Å². The SMILES string of the molecule is CCCC(CCO)CNC(=O)c1ccccc1[N+](=O)[O-]. The molecule has 0 saturated carbocycles. The molecule has 0 aliphatic heterocycles. The zero-order valence-electron chi connectivity index (χ0n) is 11.5. The molecule has 0 spiro atoms. The quantitative estimate of drug-likeness (QED) is 0.563. The van der Waals surface area contributed by atoms with Gasteiger partial charge in [-0.15, -0.1) is 0 Å². The van der Waals surface area contributed by atoms with Crippen LogP contribution in [-0.2, 0) is 0 Å². The van der Waals surface area contributed by atoms with Crippen LogP contribution in [0.5, 0.6) is 0 Å². The molecule has 1 atom stereocenters. The third-order valence-electron chi connectivity index (χ3n) is 3.13. The maximum atomic E-state index is 12.0. The predicted molar refractivity (Wildman–Crippen MR) is 75.5 cm³/mol. The fourth-order valence-electron chi connectivity index (χ4n) is 2.10. The molecule has 1 aromatic rings. The zero-order chi connectivity index (χ0) is 15.0. The summed E-state index contributed by atoms with van der Waals surface area (Å²) in [4.78, 5) is 22.3. The molecule has 0 aromatic heterocycles. The topological polar surface area (TPSA) is 92.5 Å². The Morgan fingerprint density at radius 2 is 2.10 bits per heavy atom. The summed E-state index contributed by atoms with van der Waals surface area (Å²) in [5.74, 6) is -0.256. The van der Waals surface area contributed by atoms with E-state index in [-0.39, 0.29) is 23.8 Å². The van der Waals surface area contributed by atoms with Gasteiger partial charge in [-0.3, -0.25) is 14.9 Å². The molecule has 0 aliphatic rings. The lowest BCUT2D eigenvalue weighted by Crippen LogP contribution is -2.30. The minimum Gasteiger partial charge on any atom is -0.396 e. The molecular formula is C14H20N2O4. The fraction of sp³-hybridized carbons (Fsp3) is 0.500. The number of aliphatic hydroxyl groups is 1. The number of rotatable bonds is 8. The Bertz CT molecular complexity index is 456. The summed E-state index contributed by atoms with van der Waals surface area (Å²) >= 11 is 0. The Hall–Kier alpha value is -1.95. The van der Waals surface area contributed by atoms with Crippen molar-refractivity contribution >= 4 is 11.6 Å². The van der Waals surface area contributed by atoms with Gasteiger partial charge in [-0.25, -0.2) is 0 Å². The monoisotopic (exact) mass is 280 g/mol. The number of carbonyl (C=O) groups is 1. The van der Waals surface area contributed by atoms with Crippen molar-refractivity contribution in [3.63, 3.8) is 0 Å². The van der Waals surface area contributed by atoms with E-state index in [0.29, 0.717) is 13.0 Å². The average molecular weight is 280 g/mol. The first-order valence-corrected chi connectivity index (χ1v) is 6.72. The summed E-state index contributed by atoms with van der Waals surface area (Å²) in [6, 6.07) is 5.88. The molecule has 0 aliphatic carbocycles. The van der Waals surface area contributed by atoms with Crippen LogP contribution in [0.3, 0.4) is 0 Å². The van der Waals surface area contributed by atoms with Crippen LogP contribution in [0, 0.1) is 16.0 Å². The highest BCUT2D eigenvalue weighted by atomic mass is 16.6. The van der Waals surface area contributed by atoms with Gasteiger partial charge in [0.15, 0.2) is 0 Å². The van der Waals surface area contributed by atoms with Crippen LogP contribution in [0.25, 0.3) is 0 Å². The summed E-state index contributed by atoms with van der Waals surface area (Å²) in [6.07, 6.45) is 2.48. The molecule has 6 heteroatoms. The number of nitrogens with zero attached hydrogens (tertiary/aromatic N) is 1. The molecule has 0 radical (unpaired) electrons. The van der Waals surface area contributed by atoms with Crippen LogP contribution in [-0.4, -0.2) is 29.1 Å². The van der Waals surface area contributed by atoms with Crippen LogP contribution in [0.4, 0.5) is 5.69 Å². The smallest absolute Gasteiger partial charge is 0.282 e. The van der Waals surface area contributed by atoms with Gasteiger partial charge in [-0.1, -0.05) is 25.5 Å². The summed E-state index contributed by atoms with van der Waals surface area (Å²) < 4.78 is 0. The van der Waals surface area contributed by atoms with E-state index < -0.39 is 10.8 Å². The van der Waals surface area contributed by atoms with Gasteiger partial charge in [0.25, 0.3) is 11.6 Å². The first kappa shape index (κ1) is 16.1. The fourth-order valence-corrected chi connectivity index (χ4v) is 2.10. The molecule has 20 heavy (non-hydrogen) atoms. The molecule has 2 N–H and O–H groups in total. The Labute approximate surface area is 118 Å². The molecule has 0 heterocycles. The second-order valence-electron chi connectivity index (χ2n) is 4.65. The van der Waals surface area contributed by atoms with E-state index in [9.17, 15) is 14.9 Å². The van der Waals surface area contributed by atoms with E-state index in [4.69, 9.17) is 5.11 Å². The van der Waals surface area contributed by atoms with Gasteiger partial charge < -0.3 is 10.4 Å². The van der Waals surface area contributed by atoms with Crippen LogP contribution >= 0.6 is 0 Å². The van der Waals surface area contributed by atoms with Crippen molar-refractivity contribution in [2.75, 3.05) is 13.2 Å². The van der Waals surface area contributed by atoms with Crippen molar-refractivity contribution in [1.29, 1.82) is 0 Å². The highest BCUT2D eigenvalue weighted by Crippen LogP contribution is 2.17. The second-order valence-corrected chi connectivity index (χ2v) is 4.65. The van der Waals surface area contributed by atoms with E-state index in [2.05, 4.69) is 5.32 Å². The van der Waals surface area contributed by atoms with Gasteiger partial charge >= 0.3 is 0 Å². The summed E-state index contributed by atoms with van der Waals surface area (Å²) in [5, 5.41) is 22.5. The molecule has 0 bridgehead atoms.